The third-order valence-corrected chi connectivity index (χ3v) is 4.68. The summed E-state index contributed by atoms with van der Waals surface area (Å²) in [4.78, 5) is 24.9. The van der Waals surface area contributed by atoms with Crippen molar-refractivity contribution in [3.8, 4) is 5.75 Å². The Hall–Kier alpha value is -2.28. The van der Waals surface area contributed by atoms with Crippen LogP contribution >= 0.6 is 0 Å². The van der Waals surface area contributed by atoms with E-state index < -0.39 is 17.7 Å². The number of benzene rings is 1. The van der Waals surface area contributed by atoms with Gasteiger partial charge < -0.3 is 24.8 Å². The molecule has 1 aromatic rings. The van der Waals surface area contributed by atoms with E-state index in [2.05, 4.69) is 10.6 Å². The zero-order valence-electron chi connectivity index (χ0n) is 18.0. The van der Waals surface area contributed by atoms with Gasteiger partial charge in [0.15, 0.2) is 0 Å². The molecule has 1 fully saturated rings. The maximum atomic E-state index is 12.7. The molecular weight excluding hydrogens is 372 g/mol. The van der Waals surface area contributed by atoms with Crippen molar-refractivity contribution < 1.29 is 23.8 Å². The SMILES string of the molecule is COc1ccc(CNC(=O)C(COC2CCCCC2)NC(=O)OC(C)(C)C)cc1. The Morgan fingerprint density at radius 3 is 2.34 bits per heavy atom. The molecule has 1 aromatic carbocycles. The van der Waals surface area contributed by atoms with Gasteiger partial charge in [-0.2, -0.15) is 0 Å². The Morgan fingerprint density at radius 1 is 1.10 bits per heavy atom. The molecule has 162 valence electrons. The van der Waals surface area contributed by atoms with Gasteiger partial charge in [0.1, 0.15) is 17.4 Å². The molecule has 1 atom stereocenters. The molecule has 0 spiro atoms. The molecule has 2 rings (SSSR count). The minimum absolute atomic E-state index is 0.123. The second kappa shape index (κ2) is 11.0. The van der Waals surface area contributed by atoms with Crippen molar-refractivity contribution in [1.82, 2.24) is 10.6 Å². The average Bonchev–Trinajstić information content (AvgIpc) is 2.69. The molecule has 0 radical (unpaired) electrons. The Bertz CT molecular complexity index is 648. The lowest BCUT2D eigenvalue weighted by Gasteiger charge is -2.26. The van der Waals surface area contributed by atoms with Crippen LogP contribution in [0, 0.1) is 0 Å². The van der Waals surface area contributed by atoms with Crippen molar-refractivity contribution in [2.75, 3.05) is 13.7 Å². The molecule has 0 heterocycles. The fourth-order valence-electron chi connectivity index (χ4n) is 3.15. The van der Waals surface area contributed by atoms with Crippen LogP contribution in [0.15, 0.2) is 24.3 Å². The normalized spacial score (nSPS) is 16.0. The second-order valence-corrected chi connectivity index (χ2v) is 8.36. The van der Waals surface area contributed by atoms with Gasteiger partial charge in [-0.25, -0.2) is 4.79 Å². The van der Waals surface area contributed by atoms with Crippen LogP contribution in [0.2, 0.25) is 0 Å². The van der Waals surface area contributed by atoms with Crippen LogP contribution in [0.5, 0.6) is 5.75 Å². The van der Waals surface area contributed by atoms with E-state index in [9.17, 15) is 9.59 Å². The molecule has 0 bridgehead atoms. The van der Waals surface area contributed by atoms with Gasteiger partial charge in [0.2, 0.25) is 5.91 Å². The number of hydrogen-bond acceptors (Lipinski definition) is 5. The Kier molecular flexibility index (Phi) is 8.76. The summed E-state index contributed by atoms with van der Waals surface area (Å²) < 4.78 is 16.4. The maximum absolute atomic E-state index is 12.7. The molecular formula is C22H34N2O5. The Labute approximate surface area is 173 Å². The monoisotopic (exact) mass is 406 g/mol. The van der Waals surface area contributed by atoms with Gasteiger partial charge >= 0.3 is 6.09 Å². The van der Waals surface area contributed by atoms with Crippen LogP contribution in [0.25, 0.3) is 0 Å². The standard InChI is InChI=1S/C22H34N2O5/c1-22(2,3)29-21(26)24-19(15-28-18-8-6-5-7-9-18)20(25)23-14-16-10-12-17(27-4)13-11-16/h10-13,18-19H,5-9,14-15H2,1-4H3,(H,23,25)(H,24,26). The first-order chi connectivity index (χ1) is 13.8. The van der Waals surface area contributed by atoms with Gasteiger partial charge in [0.05, 0.1) is 19.8 Å². The van der Waals surface area contributed by atoms with Crippen LogP contribution in [0.4, 0.5) is 4.79 Å². The van der Waals surface area contributed by atoms with Crippen LogP contribution in [0.3, 0.4) is 0 Å². The molecule has 1 aliphatic rings. The smallest absolute Gasteiger partial charge is 0.408 e. The van der Waals surface area contributed by atoms with Crippen molar-refractivity contribution in [3.63, 3.8) is 0 Å². The summed E-state index contributed by atoms with van der Waals surface area (Å²) in [7, 11) is 1.61. The summed E-state index contributed by atoms with van der Waals surface area (Å²) in [5, 5.41) is 5.51. The predicted octanol–water partition coefficient (Wildman–Crippen LogP) is 3.55. The number of carbonyl (C=O) groups is 2. The second-order valence-electron chi connectivity index (χ2n) is 8.36. The molecule has 1 saturated carbocycles. The van der Waals surface area contributed by atoms with Crippen molar-refractivity contribution >= 4 is 12.0 Å². The van der Waals surface area contributed by atoms with Crippen molar-refractivity contribution in [1.29, 1.82) is 0 Å². The van der Waals surface area contributed by atoms with E-state index in [4.69, 9.17) is 14.2 Å². The number of hydrogen-bond donors (Lipinski definition) is 2. The van der Waals surface area contributed by atoms with Crippen LogP contribution in [-0.4, -0.2) is 43.5 Å². The van der Waals surface area contributed by atoms with Crippen LogP contribution in [0.1, 0.15) is 58.4 Å². The Morgan fingerprint density at radius 2 is 1.76 bits per heavy atom. The minimum atomic E-state index is -0.815. The third-order valence-electron chi connectivity index (χ3n) is 4.68. The lowest BCUT2D eigenvalue weighted by atomic mass is 9.98. The fourth-order valence-corrected chi connectivity index (χ4v) is 3.15. The van der Waals surface area contributed by atoms with E-state index in [-0.39, 0.29) is 18.6 Å². The molecule has 7 heteroatoms. The molecule has 2 N–H and O–H groups in total. The molecule has 0 saturated heterocycles. The molecule has 29 heavy (non-hydrogen) atoms. The van der Waals surface area contributed by atoms with Gasteiger partial charge in [-0.1, -0.05) is 31.4 Å². The highest BCUT2D eigenvalue weighted by Crippen LogP contribution is 2.20. The number of nitrogens with one attached hydrogen (secondary N) is 2. The molecule has 2 amide bonds. The van der Waals surface area contributed by atoms with E-state index in [1.807, 2.05) is 24.3 Å². The topological polar surface area (TPSA) is 85.9 Å². The number of ether oxygens (including phenoxy) is 3. The van der Waals surface area contributed by atoms with Crippen molar-refractivity contribution in [2.45, 2.75) is 77.2 Å². The highest BCUT2D eigenvalue weighted by atomic mass is 16.6. The zero-order chi connectivity index (χ0) is 21.3. The summed E-state index contributed by atoms with van der Waals surface area (Å²) in [6, 6.07) is 6.63. The van der Waals surface area contributed by atoms with Gasteiger partial charge in [0, 0.05) is 6.54 Å². The maximum Gasteiger partial charge on any atom is 0.408 e. The summed E-state index contributed by atoms with van der Waals surface area (Å²) in [5.41, 5.74) is 0.293. The summed E-state index contributed by atoms with van der Waals surface area (Å²) >= 11 is 0. The third kappa shape index (κ3) is 8.73. The lowest BCUT2D eigenvalue weighted by molar-refractivity contribution is -0.125. The van der Waals surface area contributed by atoms with E-state index in [0.717, 1.165) is 37.0 Å². The largest absolute Gasteiger partial charge is 0.497 e. The number of carbonyl (C=O) groups excluding carboxylic acids is 2. The minimum Gasteiger partial charge on any atom is -0.497 e. The summed E-state index contributed by atoms with van der Waals surface area (Å²) in [5.74, 6) is 0.452. The van der Waals surface area contributed by atoms with E-state index >= 15 is 0 Å². The van der Waals surface area contributed by atoms with Crippen molar-refractivity contribution in [2.24, 2.45) is 0 Å². The quantitative estimate of drug-likeness (QED) is 0.689. The van der Waals surface area contributed by atoms with Crippen molar-refractivity contribution in [3.05, 3.63) is 29.8 Å². The fraction of sp³-hybridized carbons (Fsp3) is 0.636. The average molecular weight is 407 g/mol. The highest BCUT2D eigenvalue weighted by Gasteiger charge is 2.26. The van der Waals surface area contributed by atoms with Gasteiger partial charge in [-0.15, -0.1) is 0 Å². The predicted molar refractivity (Wildman–Crippen MR) is 111 cm³/mol. The molecule has 0 aromatic heterocycles. The van der Waals surface area contributed by atoms with Gasteiger partial charge in [0.25, 0.3) is 0 Å². The van der Waals surface area contributed by atoms with Crippen LogP contribution < -0.4 is 15.4 Å². The van der Waals surface area contributed by atoms with E-state index in [1.54, 1.807) is 27.9 Å². The highest BCUT2D eigenvalue weighted by molar-refractivity contribution is 5.85. The Balaban J connectivity index is 1.93. The first kappa shape index (κ1) is 23.0. The first-order valence-corrected chi connectivity index (χ1v) is 10.3. The van der Waals surface area contributed by atoms with Gasteiger partial charge in [-0.3, -0.25) is 4.79 Å². The lowest BCUT2D eigenvalue weighted by Crippen LogP contribution is -2.51. The number of alkyl carbamates (subject to hydrolysis) is 1. The number of amides is 2. The molecule has 0 aliphatic heterocycles. The van der Waals surface area contributed by atoms with Crippen LogP contribution in [-0.2, 0) is 20.8 Å². The molecule has 1 unspecified atom stereocenters. The molecule has 7 nitrogen and oxygen atoms in total. The summed E-state index contributed by atoms with van der Waals surface area (Å²) in [6.07, 6.45) is 4.99. The number of methoxy groups -OCH3 is 1. The van der Waals surface area contributed by atoms with Gasteiger partial charge in [-0.05, 0) is 51.3 Å². The first-order valence-electron chi connectivity index (χ1n) is 10.3. The molecule has 1 aliphatic carbocycles. The summed E-state index contributed by atoms with van der Waals surface area (Å²) in [6.45, 7) is 5.81. The number of rotatable bonds is 8. The van der Waals surface area contributed by atoms with E-state index in [1.165, 1.54) is 6.42 Å². The van der Waals surface area contributed by atoms with E-state index in [0.29, 0.717) is 6.54 Å². The zero-order valence-corrected chi connectivity index (χ0v) is 18.0.